The highest BCUT2D eigenvalue weighted by Gasteiger charge is 2.27. The number of ketones is 1. The van der Waals surface area contributed by atoms with Gasteiger partial charge in [0.15, 0.2) is 5.78 Å². The number of hydrogen-bond acceptors (Lipinski definition) is 7. The number of benzene rings is 1. The molecule has 0 atom stereocenters. The van der Waals surface area contributed by atoms with Crippen LogP contribution in [-0.4, -0.2) is 42.7 Å². The van der Waals surface area contributed by atoms with Crippen molar-refractivity contribution in [3.05, 3.63) is 45.6 Å². The van der Waals surface area contributed by atoms with Gasteiger partial charge in [-0.2, -0.15) is 0 Å². The predicted octanol–water partition coefficient (Wildman–Crippen LogP) is 3.91. The first-order valence-electron chi connectivity index (χ1n) is 9.16. The zero-order valence-electron chi connectivity index (χ0n) is 16.6. The lowest BCUT2D eigenvalue weighted by atomic mass is 10.1. The Balaban J connectivity index is 1.57. The molecule has 1 aliphatic rings. The lowest BCUT2D eigenvalue weighted by Crippen LogP contribution is -2.27. The van der Waals surface area contributed by atoms with Gasteiger partial charge in [0.25, 0.3) is 0 Å². The number of thioether (sulfide) groups is 1. The molecule has 0 unspecified atom stereocenters. The van der Waals surface area contributed by atoms with Gasteiger partial charge in [-0.15, -0.1) is 11.3 Å². The van der Waals surface area contributed by atoms with E-state index in [-0.39, 0.29) is 11.5 Å². The van der Waals surface area contributed by atoms with Crippen LogP contribution in [0.25, 0.3) is 10.2 Å². The number of carbonyl (C=O) groups is 1. The summed E-state index contributed by atoms with van der Waals surface area (Å²) in [6.45, 7) is 6.42. The number of thiophene rings is 1. The highest BCUT2D eigenvalue weighted by Crippen LogP contribution is 2.36. The van der Waals surface area contributed by atoms with Crippen molar-refractivity contribution in [1.29, 1.82) is 0 Å². The Bertz CT molecular complexity index is 1250. The molecule has 0 spiro atoms. The first-order chi connectivity index (χ1) is 13.6. The summed E-state index contributed by atoms with van der Waals surface area (Å²) in [6.07, 6.45) is 1.83. The normalized spacial score (nSPS) is 13.9. The zero-order chi connectivity index (χ0) is 20.9. The van der Waals surface area contributed by atoms with Crippen LogP contribution >= 0.6 is 23.1 Å². The van der Waals surface area contributed by atoms with Crippen molar-refractivity contribution in [2.75, 3.05) is 22.9 Å². The summed E-state index contributed by atoms with van der Waals surface area (Å²) in [7, 11) is -3.29. The monoisotopic (exact) mass is 447 g/mol. The Kier molecular flexibility index (Phi) is 5.16. The topological polar surface area (TPSA) is 80.2 Å². The smallest absolute Gasteiger partial charge is 0.232 e. The average Bonchev–Trinajstić information content (AvgIpc) is 3.19. The molecule has 2 aromatic heterocycles. The maximum absolute atomic E-state index is 12.8. The Hall–Kier alpha value is -1.97. The van der Waals surface area contributed by atoms with Crippen molar-refractivity contribution in [1.82, 2.24) is 9.97 Å². The van der Waals surface area contributed by atoms with Gasteiger partial charge in [0.1, 0.15) is 15.7 Å². The van der Waals surface area contributed by atoms with Crippen LogP contribution in [0.15, 0.2) is 23.2 Å². The van der Waals surface area contributed by atoms with Crippen molar-refractivity contribution >= 4 is 54.8 Å². The third kappa shape index (κ3) is 3.78. The number of aromatic nitrogens is 2. The molecule has 9 heteroatoms. The highest BCUT2D eigenvalue weighted by atomic mass is 32.2. The molecule has 0 aliphatic carbocycles. The molecule has 0 radical (unpaired) electrons. The van der Waals surface area contributed by atoms with Gasteiger partial charge < -0.3 is 0 Å². The average molecular weight is 448 g/mol. The standard InChI is InChI=1S/C20H21N3O3S3/c1-11-12(2)28-20-18(11)19(21-13(3)22-20)27-10-17(24)15-5-6-16-14(9-15)7-8-23(16)29(4,25)26/h5-6,9H,7-8,10H2,1-4H3. The predicted molar refractivity (Wildman–Crippen MR) is 119 cm³/mol. The molecular formula is C20H21N3O3S3. The van der Waals surface area contributed by atoms with Crippen LogP contribution in [0.5, 0.6) is 0 Å². The minimum atomic E-state index is -3.29. The van der Waals surface area contributed by atoms with E-state index in [1.54, 1.807) is 23.5 Å². The van der Waals surface area contributed by atoms with Gasteiger partial charge >= 0.3 is 0 Å². The van der Waals surface area contributed by atoms with E-state index in [1.807, 2.05) is 13.0 Å². The van der Waals surface area contributed by atoms with Crippen LogP contribution in [0.3, 0.4) is 0 Å². The number of hydrogen-bond donors (Lipinski definition) is 0. The number of Topliss-reactive ketones (excluding diaryl/α,β-unsaturated/α-hetero) is 1. The van der Waals surface area contributed by atoms with E-state index in [0.717, 1.165) is 20.8 Å². The second kappa shape index (κ2) is 7.37. The minimum absolute atomic E-state index is 0.00428. The first kappa shape index (κ1) is 20.3. The summed E-state index contributed by atoms with van der Waals surface area (Å²) in [5.41, 5.74) is 3.34. The SMILES string of the molecule is Cc1nc(SCC(=O)c2ccc3c(c2)CCN3S(C)(=O)=O)c2c(C)c(C)sc2n1. The summed E-state index contributed by atoms with van der Waals surface area (Å²) in [5.74, 6) is 0.978. The fraction of sp³-hybridized carbons (Fsp3) is 0.350. The summed E-state index contributed by atoms with van der Waals surface area (Å²) in [6, 6.07) is 5.27. The number of sulfonamides is 1. The third-order valence-electron chi connectivity index (χ3n) is 5.10. The summed E-state index contributed by atoms with van der Waals surface area (Å²) in [5, 5.41) is 1.88. The Morgan fingerprint density at radius 2 is 2.00 bits per heavy atom. The number of rotatable bonds is 5. The number of nitrogens with zero attached hydrogens (tertiary/aromatic N) is 3. The summed E-state index contributed by atoms with van der Waals surface area (Å²) < 4.78 is 25.2. The first-order valence-corrected chi connectivity index (χ1v) is 12.8. The van der Waals surface area contributed by atoms with Crippen molar-refractivity contribution in [2.24, 2.45) is 0 Å². The molecule has 3 aromatic rings. The maximum Gasteiger partial charge on any atom is 0.232 e. The second-order valence-corrected chi connectivity index (χ2v) is 11.3. The lowest BCUT2D eigenvalue weighted by Gasteiger charge is -2.16. The van der Waals surface area contributed by atoms with Gasteiger partial charge in [-0.25, -0.2) is 18.4 Å². The highest BCUT2D eigenvalue weighted by molar-refractivity contribution is 8.00. The molecule has 1 aromatic carbocycles. The van der Waals surface area contributed by atoms with Crippen LogP contribution < -0.4 is 4.31 Å². The zero-order valence-corrected chi connectivity index (χ0v) is 19.1. The van der Waals surface area contributed by atoms with Crippen molar-refractivity contribution in [3.63, 3.8) is 0 Å². The molecular weight excluding hydrogens is 426 g/mol. The van der Waals surface area contributed by atoms with Crippen LogP contribution in [0, 0.1) is 20.8 Å². The number of fused-ring (bicyclic) bond motifs is 2. The van der Waals surface area contributed by atoms with Crippen molar-refractivity contribution in [2.45, 2.75) is 32.2 Å². The molecule has 29 heavy (non-hydrogen) atoms. The molecule has 0 saturated carbocycles. The molecule has 6 nitrogen and oxygen atoms in total. The number of carbonyl (C=O) groups excluding carboxylic acids is 1. The van der Waals surface area contributed by atoms with Crippen LogP contribution in [-0.2, 0) is 16.4 Å². The van der Waals surface area contributed by atoms with Gasteiger partial charge in [0.05, 0.1) is 17.7 Å². The second-order valence-electron chi connectivity index (χ2n) is 7.18. The van der Waals surface area contributed by atoms with E-state index < -0.39 is 10.0 Å². The fourth-order valence-corrected chi connectivity index (χ4v) is 6.65. The summed E-state index contributed by atoms with van der Waals surface area (Å²) >= 11 is 3.08. The van der Waals surface area contributed by atoms with E-state index in [4.69, 9.17) is 0 Å². The Morgan fingerprint density at radius 1 is 1.24 bits per heavy atom. The number of anilines is 1. The molecule has 0 bridgehead atoms. The molecule has 1 aliphatic heterocycles. The van der Waals surface area contributed by atoms with Gasteiger partial charge in [0, 0.05) is 22.4 Å². The van der Waals surface area contributed by atoms with E-state index in [1.165, 1.54) is 32.8 Å². The van der Waals surface area contributed by atoms with Gasteiger partial charge in [-0.3, -0.25) is 9.10 Å². The Morgan fingerprint density at radius 3 is 2.72 bits per heavy atom. The van der Waals surface area contributed by atoms with Gasteiger partial charge in [-0.05, 0) is 56.5 Å². The molecule has 0 saturated heterocycles. The van der Waals surface area contributed by atoms with E-state index in [9.17, 15) is 13.2 Å². The van der Waals surface area contributed by atoms with E-state index >= 15 is 0 Å². The van der Waals surface area contributed by atoms with E-state index in [2.05, 4.69) is 23.8 Å². The molecule has 0 N–H and O–H groups in total. The lowest BCUT2D eigenvalue weighted by molar-refractivity contribution is 0.102. The Labute approximate surface area is 178 Å². The molecule has 152 valence electrons. The summed E-state index contributed by atoms with van der Waals surface area (Å²) in [4.78, 5) is 24.1. The molecule has 0 fully saturated rings. The van der Waals surface area contributed by atoms with Gasteiger partial charge in [0.2, 0.25) is 10.0 Å². The minimum Gasteiger partial charge on any atom is -0.293 e. The van der Waals surface area contributed by atoms with Crippen LogP contribution in [0.1, 0.15) is 32.2 Å². The van der Waals surface area contributed by atoms with Crippen LogP contribution in [0.4, 0.5) is 5.69 Å². The van der Waals surface area contributed by atoms with Gasteiger partial charge in [-0.1, -0.05) is 11.8 Å². The fourth-order valence-electron chi connectivity index (χ4n) is 3.53. The number of aryl methyl sites for hydroxylation is 3. The van der Waals surface area contributed by atoms with E-state index in [0.29, 0.717) is 30.0 Å². The maximum atomic E-state index is 12.8. The quantitative estimate of drug-likeness (QED) is 0.335. The molecule has 0 amide bonds. The largest absolute Gasteiger partial charge is 0.293 e. The van der Waals surface area contributed by atoms with Crippen molar-refractivity contribution in [3.8, 4) is 0 Å². The third-order valence-corrected chi connectivity index (χ3v) is 8.36. The molecule has 3 heterocycles. The van der Waals surface area contributed by atoms with Crippen molar-refractivity contribution < 1.29 is 13.2 Å². The van der Waals surface area contributed by atoms with Crippen LogP contribution in [0.2, 0.25) is 0 Å². The molecule has 4 rings (SSSR count).